The largest absolute Gasteiger partial charge is 0.457 e. The smallest absolute Gasteiger partial charge is 0.271 e. The van der Waals surface area contributed by atoms with Gasteiger partial charge in [-0.15, -0.1) is 11.3 Å². The second-order valence-corrected chi connectivity index (χ2v) is 6.79. The van der Waals surface area contributed by atoms with Gasteiger partial charge in [-0.05, 0) is 42.0 Å². The summed E-state index contributed by atoms with van der Waals surface area (Å²) in [5, 5.41) is 4.45. The highest BCUT2D eigenvalue weighted by atomic mass is 32.1. The van der Waals surface area contributed by atoms with Crippen LogP contribution in [0.2, 0.25) is 0 Å². The van der Waals surface area contributed by atoms with Crippen molar-refractivity contribution in [2.45, 2.75) is 6.54 Å². The van der Waals surface area contributed by atoms with E-state index < -0.39 is 11.5 Å². The Balaban J connectivity index is 1.40. The van der Waals surface area contributed by atoms with Gasteiger partial charge in [-0.25, -0.2) is 9.37 Å². The van der Waals surface area contributed by atoms with Crippen molar-refractivity contribution < 1.29 is 13.9 Å². The lowest BCUT2D eigenvalue weighted by atomic mass is 10.2. The van der Waals surface area contributed by atoms with E-state index in [1.54, 1.807) is 48.0 Å². The van der Waals surface area contributed by atoms with Gasteiger partial charge < -0.3 is 10.1 Å². The van der Waals surface area contributed by atoms with Crippen LogP contribution in [0.1, 0.15) is 15.9 Å². The molecule has 1 N–H and O–H groups in total. The molecule has 0 atom stereocenters. The number of hydrogen-bond donors (Lipinski definition) is 1. The maximum atomic E-state index is 12.9. The number of hydrogen-bond acceptors (Lipinski definition) is 5. The number of rotatable bonds is 5. The lowest BCUT2D eigenvalue weighted by Crippen LogP contribution is -2.30. The van der Waals surface area contributed by atoms with Crippen LogP contribution in [0.3, 0.4) is 0 Å². The first kappa shape index (κ1) is 17.9. The van der Waals surface area contributed by atoms with E-state index in [-0.39, 0.29) is 17.9 Å². The number of amides is 1. The van der Waals surface area contributed by atoms with Crippen LogP contribution in [0.5, 0.6) is 11.5 Å². The molecule has 2 aromatic heterocycles. The topological polar surface area (TPSA) is 72.7 Å². The van der Waals surface area contributed by atoms with Crippen LogP contribution in [0.25, 0.3) is 4.96 Å². The Kier molecular flexibility index (Phi) is 4.86. The molecule has 4 aromatic rings. The summed E-state index contributed by atoms with van der Waals surface area (Å²) in [6.07, 6.45) is 2.88. The summed E-state index contributed by atoms with van der Waals surface area (Å²) >= 11 is 1.32. The zero-order valence-electron chi connectivity index (χ0n) is 14.5. The number of nitrogens with one attached hydrogen (secondary N) is 1. The number of fused-ring (bicyclic) bond motifs is 1. The predicted octanol–water partition coefficient (Wildman–Crippen LogP) is 3.62. The van der Waals surface area contributed by atoms with E-state index >= 15 is 0 Å². The number of carbonyl (C=O) groups excluding carboxylic acids is 1. The SMILES string of the molecule is O=C(NCc1ccc(Oc2ccc(F)cc2)cc1)c1cnc2sccn2c1=O. The highest BCUT2D eigenvalue weighted by Crippen LogP contribution is 2.21. The molecule has 0 radical (unpaired) electrons. The third kappa shape index (κ3) is 3.77. The Morgan fingerprint density at radius 1 is 1.11 bits per heavy atom. The summed E-state index contributed by atoms with van der Waals surface area (Å²) in [6.45, 7) is 0.251. The molecule has 2 aromatic carbocycles. The maximum Gasteiger partial charge on any atom is 0.271 e. The van der Waals surface area contributed by atoms with Gasteiger partial charge in [0.25, 0.3) is 11.5 Å². The van der Waals surface area contributed by atoms with E-state index in [4.69, 9.17) is 4.74 Å². The molecule has 0 saturated heterocycles. The van der Waals surface area contributed by atoms with Crippen molar-refractivity contribution in [1.29, 1.82) is 0 Å². The Morgan fingerprint density at radius 2 is 1.79 bits per heavy atom. The second kappa shape index (κ2) is 7.61. The van der Waals surface area contributed by atoms with Crippen LogP contribution >= 0.6 is 11.3 Å². The van der Waals surface area contributed by atoms with Crippen molar-refractivity contribution >= 4 is 22.2 Å². The van der Waals surface area contributed by atoms with Crippen LogP contribution in [-0.4, -0.2) is 15.3 Å². The molecule has 1 amide bonds. The first-order valence-corrected chi connectivity index (χ1v) is 9.23. The van der Waals surface area contributed by atoms with Gasteiger partial charge >= 0.3 is 0 Å². The molecule has 0 bridgehead atoms. The van der Waals surface area contributed by atoms with E-state index in [0.717, 1.165) is 5.56 Å². The van der Waals surface area contributed by atoms with Gasteiger partial charge in [-0.3, -0.25) is 14.0 Å². The van der Waals surface area contributed by atoms with E-state index in [1.165, 1.54) is 34.1 Å². The van der Waals surface area contributed by atoms with Gasteiger partial charge in [0.15, 0.2) is 4.96 Å². The Labute approximate surface area is 162 Å². The molecule has 8 heteroatoms. The number of carbonyl (C=O) groups is 1. The summed E-state index contributed by atoms with van der Waals surface area (Å²) in [6, 6.07) is 12.8. The lowest BCUT2D eigenvalue weighted by molar-refractivity contribution is 0.0949. The minimum absolute atomic E-state index is 0.00726. The highest BCUT2D eigenvalue weighted by molar-refractivity contribution is 7.15. The minimum Gasteiger partial charge on any atom is -0.457 e. The molecule has 0 aliphatic rings. The highest BCUT2D eigenvalue weighted by Gasteiger charge is 2.13. The van der Waals surface area contributed by atoms with Crippen molar-refractivity contribution in [2.24, 2.45) is 0 Å². The minimum atomic E-state index is -0.482. The summed E-state index contributed by atoms with van der Waals surface area (Å²) in [5.41, 5.74) is 0.434. The summed E-state index contributed by atoms with van der Waals surface area (Å²) < 4.78 is 19.9. The van der Waals surface area contributed by atoms with Crippen molar-refractivity contribution in [3.8, 4) is 11.5 Å². The monoisotopic (exact) mass is 395 g/mol. The lowest BCUT2D eigenvalue weighted by Gasteiger charge is -2.08. The van der Waals surface area contributed by atoms with Gasteiger partial charge in [0, 0.05) is 24.3 Å². The molecule has 28 heavy (non-hydrogen) atoms. The average molecular weight is 395 g/mol. The van der Waals surface area contributed by atoms with E-state index in [0.29, 0.717) is 16.5 Å². The number of halogens is 1. The fourth-order valence-corrected chi connectivity index (χ4v) is 3.25. The maximum absolute atomic E-state index is 12.9. The van der Waals surface area contributed by atoms with Crippen LogP contribution in [0.15, 0.2) is 71.1 Å². The third-order valence-corrected chi connectivity index (χ3v) is 4.78. The second-order valence-electron chi connectivity index (χ2n) is 5.92. The van der Waals surface area contributed by atoms with Gasteiger partial charge in [-0.1, -0.05) is 12.1 Å². The quantitative estimate of drug-likeness (QED) is 0.560. The predicted molar refractivity (Wildman–Crippen MR) is 103 cm³/mol. The van der Waals surface area contributed by atoms with Gasteiger partial charge in [-0.2, -0.15) is 0 Å². The van der Waals surface area contributed by atoms with Crippen LogP contribution in [0, 0.1) is 5.82 Å². The number of ether oxygens (including phenoxy) is 1. The number of nitrogens with zero attached hydrogens (tertiary/aromatic N) is 2. The molecule has 0 aliphatic heterocycles. The number of aromatic nitrogens is 2. The Hall–Kier alpha value is -3.52. The molecule has 6 nitrogen and oxygen atoms in total. The van der Waals surface area contributed by atoms with Crippen LogP contribution in [-0.2, 0) is 6.54 Å². The van der Waals surface area contributed by atoms with Gasteiger partial charge in [0.1, 0.15) is 22.9 Å². The normalized spacial score (nSPS) is 10.8. The standard InChI is InChI=1S/C20H14FN3O3S/c21-14-3-7-16(8-4-14)27-15-5-1-13(2-6-15)11-22-18(25)17-12-23-20-24(19(17)26)9-10-28-20/h1-10,12H,11H2,(H,22,25). The molecule has 4 rings (SSSR count). The van der Waals surface area contributed by atoms with Crippen LogP contribution in [0.4, 0.5) is 4.39 Å². The third-order valence-electron chi connectivity index (χ3n) is 4.01. The molecule has 0 saturated carbocycles. The van der Waals surface area contributed by atoms with Gasteiger partial charge in [0.2, 0.25) is 0 Å². The summed E-state index contributed by atoms with van der Waals surface area (Å²) in [4.78, 5) is 29.3. The molecule has 140 valence electrons. The summed E-state index contributed by atoms with van der Waals surface area (Å²) in [5.74, 6) is 0.308. The van der Waals surface area contributed by atoms with E-state index in [2.05, 4.69) is 10.3 Å². The first-order chi connectivity index (χ1) is 13.6. The van der Waals surface area contributed by atoms with E-state index in [1.807, 2.05) is 0 Å². The van der Waals surface area contributed by atoms with Crippen molar-refractivity contribution in [1.82, 2.24) is 14.7 Å². The molecule has 0 aliphatic carbocycles. The molecule has 0 unspecified atom stereocenters. The molecular formula is C20H14FN3O3S. The fourth-order valence-electron chi connectivity index (χ4n) is 2.57. The zero-order valence-corrected chi connectivity index (χ0v) is 15.3. The Morgan fingerprint density at radius 3 is 2.50 bits per heavy atom. The number of benzene rings is 2. The summed E-state index contributed by atoms with van der Waals surface area (Å²) in [7, 11) is 0. The molecular weight excluding hydrogens is 381 g/mol. The van der Waals surface area contributed by atoms with Crippen molar-refractivity contribution in [3.05, 3.63) is 93.6 Å². The average Bonchev–Trinajstić information content (AvgIpc) is 3.19. The zero-order chi connectivity index (χ0) is 19.5. The van der Waals surface area contributed by atoms with Crippen LogP contribution < -0.4 is 15.6 Å². The van der Waals surface area contributed by atoms with E-state index in [9.17, 15) is 14.0 Å². The van der Waals surface area contributed by atoms with Crippen molar-refractivity contribution in [3.63, 3.8) is 0 Å². The fraction of sp³-hybridized carbons (Fsp3) is 0.0500. The number of thiazole rings is 1. The molecule has 2 heterocycles. The molecule has 0 spiro atoms. The molecule has 0 fully saturated rings. The first-order valence-electron chi connectivity index (χ1n) is 8.35. The van der Waals surface area contributed by atoms with Gasteiger partial charge in [0.05, 0.1) is 0 Å². The van der Waals surface area contributed by atoms with Crippen molar-refractivity contribution in [2.75, 3.05) is 0 Å². The Bertz CT molecular complexity index is 1180.